The number of amides is 6. The number of hydrogen-bond acceptors (Lipinski definition) is 8. The van der Waals surface area contributed by atoms with E-state index >= 15 is 0 Å². The Morgan fingerprint density at radius 1 is 0.500 bits per heavy atom. The number of nitrogens with one attached hydrogen (secondary N) is 6. The average molecular weight is 923 g/mol. The van der Waals surface area contributed by atoms with Crippen molar-refractivity contribution < 1.29 is 28.8 Å². The first-order chi connectivity index (χ1) is 32.9. The summed E-state index contributed by atoms with van der Waals surface area (Å²) in [5, 5.41) is 18.3. The van der Waals surface area contributed by atoms with Crippen LogP contribution in [0.1, 0.15) is 123 Å². The lowest BCUT2D eigenvalue weighted by atomic mass is 9.87. The van der Waals surface area contributed by atoms with Crippen molar-refractivity contribution in [2.24, 2.45) is 0 Å². The Balaban J connectivity index is 0.990. The quantitative estimate of drug-likeness (QED) is 0.0936. The topological polar surface area (TPSA) is 181 Å². The molecule has 358 valence electrons. The molecule has 0 aromatic heterocycles. The van der Waals surface area contributed by atoms with Crippen molar-refractivity contribution in [3.8, 4) is 11.1 Å². The lowest BCUT2D eigenvalue weighted by Crippen LogP contribution is -2.52. The van der Waals surface area contributed by atoms with Crippen molar-refractivity contribution in [3.05, 3.63) is 130 Å². The summed E-state index contributed by atoms with van der Waals surface area (Å²) in [5.74, 6) is -1.75. The summed E-state index contributed by atoms with van der Waals surface area (Å²) in [6.07, 6.45) is 7.96. The zero-order valence-electron chi connectivity index (χ0n) is 39.7. The van der Waals surface area contributed by atoms with Crippen LogP contribution in [0.3, 0.4) is 0 Å². The molecule has 6 amide bonds. The fourth-order valence-corrected chi connectivity index (χ4v) is 10.4. The van der Waals surface area contributed by atoms with E-state index in [9.17, 15) is 28.8 Å². The Labute approximate surface area is 399 Å². The van der Waals surface area contributed by atoms with Gasteiger partial charge in [0.05, 0.1) is 24.2 Å². The molecule has 0 radical (unpaired) electrons. The van der Waals surface area contributed by atoms with Gasteiger partial charge in [0.15, 0.2) is 0 Å². The van der Waals surface area contributed by atoms with E-state index in [2.05, 4.69) is 56.2 Å². The van der Waals surface area contributed by atoms with Gasteiger partial charge in [-0.1, -0.05) is 97.1 Å². The lowest BCUT2D eigenvalue weighted by Gasteiger charge is -2.32. The van der Waals surface area contributed by atoms with Gasteiger partial charge in [0, 0.05) is 13.1 Å². The molecule has 2 aliphatic heterocycles. The molecule has 0 spiro atoms. The van der Waals surface area contributed by atoms with Crippen LogP contribution in [-0.2, 0) is 41.6 Å². The smallest absolute Gasteiger partial charge is 0.250 e. The Hall–Kier alpha value is -6.38. The molecule has 2 fully saturated rings. The number of likely N-dealkylation sites (N-methyl/N-ethyl adjacent to an activating group) is 2. The average Bonchev–Trinajstić information content (AvgIpc) is 4.08. The third-order valence-electron chi connectivity index (χ3n) is 14.6. The van der Waals surface area contributed by atoms with E-state index < -0.39 is 36.3 Å². The number of aryl methyl sites for hydroxylation is 2. The predicted molar refractivity (Wildman–Crippen MR) is 261 cm³/mol. The molecule has 14 heteroatoms. The van der Waals surface area contributed by atoms with E-state index in [0.717, 1.165) is 60.8 Å². The normalized spacial score (nSPS) is 21.6. The second-order valence-corrected chi connectivity index (χ2v) is 18.8. The fourth-order valence-electron chi connectivity index (χ4n) is 10.4. The monoisotopic (exact) mass is 923 g/mol. The van der Waals surface area contributed by atoms with Crippen molar-refractivity contribution in [2.45, 2.75) is 126 Å². The number of benzene rings is 4. The van der Waals surface area contributed by atoms with Crippen molar-refractivity contribution in [1.29, 1.82) is 0 Å². The number of rotatable bonds is 15. The van der Waals surface area contributed by atoms with Crippen LogP contribution in [0.5, 0.6) is 0 Å². The van der Waals surface area contributed by atoms with E-state index in [1.165, 1.54) is 11.1 Å². The molecule has 8 rings (SSSR count). The lowest BCUT2D eigenvalue weighted by molar-refractivity contribution is -0.142. The molecule has 4 aromatic rings. The first kappa shape index (κ1) is 48.1. The molecule has 4 aromatic carbocycles. The third kappa shape index (κ3) is 10.5. The Kier molecular flexibility index (Phi) is 15.4. The molecule has 14 nitrogen and oxygen atoms in total. The van der Waals surface area contributed by atoms with E-state index in [1.807, 2.05) is 72.8 Å². The van der Waals surface area contributed by atoms with Gasteiger partial charge in [-0.3, -0.25) is 28.8 Å². The second kappa shape index (κ2) is 21.7. The van der Waals surface area contributed by atoms with E-state index in [-0.39, 0.29) is 47.5 Å². The zero-order chi connectivity index (χ0) is 47.9. The van der Waals surface area contributed by atoms with Crippen molar-refractivity contribution in [3.63, 3.8) is 0 Å². The highest BCUT2D eigenvalue weighted by molar-refractivity contribution is 5.95. The summed E-state index contributed by atoms with van der Waals surface area (Å²) in [5.41, 5.74) is 7.52. The molecular weight excluding hydrogens is 857 g/mol. The summed E-state index contributed by atoms with van der Waals surface area (Å²) >= 11 is 0. The van der Waals surface area contributed by atoms with Gasteiger partial charge >= 0.3 is 0 Å². The van der Waals surface area contributed by atoms with Crippen LogP contribution < -0.4 is 31.9 Å². The maximum Gasteiger partial charge on any atom is 0.250 e. The molecule has 2 saturated heterocycles. The number of nitrogens with zero attached hydrogens (tertiary/aromatic N) is 2. The number of carbonyl (C=O) groups excluding carboxylic acids is 6. The van der Waals surface area contributed by atoms with Crippen LogP contribution in [0.2, 0.25) is 0 Å². The highest BCUT2D eigenvalue weighted by atomic mass is 16.2. The molecule has 4 aliphatic rings. The Morgan fingerprint density at radius 2 is 0.882 bits per heavy atom. The molecule has 2 heterocycles. The predicted octanol–water partition coefficient (Wildman–Crippen LogP) is 5.25. The van der Waals surface area contributed by atoms with Crippen molar-refractivity contribution >= 4 is 35.4 Å². The number of fused-ring (bicyclic) bond motifs is 2. The van der Waals surface area contributed by atoms with Crippen molar-refractivity contribution in [2.75, 3.05) is 27.2 Å². The highest BCUT2D eigenvalue weighted by Gasteiger charge is 2.41. The van der Waals surface area contributed by atoms with Gasteiger partial charge in [-0.2, -0.15) is 0 Å². The second-order valence-electron chi connectivity index (χ2n) is 18.8. The first-order valence-corrected chi connectivity index (χ1v) is 24.5. The minimum absolute atomic E-state index is 0.119. The third-order valence-corrected chi connectivity index (χ3v) is 14.6. The minimum Gasteiger partial charge on any atom is -0.347 e. The molecule has 6 N–H and O–H groups in total. The largest absolute Gasteiger partial charge is 0.347 e. The van der Waals surface area contributed by atoms with Crippen molar-refractivity contribution in [1.82, 2.24) is 41.7 Å². The van der Waals surface area contributed by atoms with E-state index in [0.29, 0.717) is 49.9 Å². The van der Waals surface area contributed by atoms with Gasteiger partial charge in [-0.15, -0.1) is 0 Å². The van der Waals surface area contributed by atoms with Gasteiger partial charge in [0.25, 0.3) is 0 Å². The van der Waals surface area contributed by atoms with E-state index in [4.69, 9.17) is 0 Å². The van der Waals surface area contributed by atoms with Gasteiger partial charge in [0.2, 0.25) is 35.4 Å². The summed E-state index contributed by atoms with van der Waals surface area (Å²) in [4.78, 5) is 86.9. The summed E-state index contributed by atoms with van der Waals surface area (Å²) in [7, 11) is 3.36. The van der Waals surface area contributed by atoms with Crippen LogP contribution in [0.25, 0.3) is 11.1 Å². The Bertz CT molecular complexity index is 2310. The summed E-state index contributed by atoms with van der Waals surface area (Å²) in [6.45, 7) is 4.24. The summed E-state index contributed by atoms with van der Waals surface area (Å²) in [6, 6.07) is 26.4. The number of hydrogen-bond donors (Lipinski definition) is 6. The van der Waals surface area contributed by atoms with Crippen LogP contribution in [0, 0.1) is 0 Å². The van der Waals surface area contributed by atoms with Crippen LogP contribution in [-0.4, -0.2) is 96.6 Å². The van der Waals surface area contributed by atoms with Gasteiger partial charge in [0.1, 0.15) is 24.2 Å². The SMILES string of the molecule is CN[C@@H](C)C(=O)NC(C(=O)N1CCC[C@H]1C(=O)NC1CCCc2ccccc21)c1ccc(-c2ccc(C(NC(=O)[C@H](C)NC)C(=O)N3CCC[C@H]3C(=O)NC3CCCc4ccccc43)cc2)cc1. The van der Waals surface area contributed by atoms with E-state index in [1.54, 1.807) is 37.7 Å². The Morgan fingerprint density at radius 3 is 1.26 bits per heavy atom. The maximum absolute atomic E-state index is 14.6. The molecule has 0 bridgehead atoms. The van der Waals surface area contributed by atoms with Crippen LogP contribution in [0.15, 0.2) is 97.1 Å². The molecular formula is C54H66N8O6. The zero-order valence-corrected chi connectivity index (χ0v) is 39.7. The minimum atomic E-state index is -1.04. The van der Waals surface area contributed by atoms with Gasteiger partial charge in [-0.25, -0.2) is 0 Å². The number of likely N-dealkylation sites (tertiary alicyclic amines) is 2. The summed E-state index contributed by atoms with van der Waals surface area (Å²) < 4.78 is 0. The standard InChI is InChI=1S/C54H66N8O6/c1-33(55-3)49(63)59-47(53(67)61-31-11-21-45(61)51(65)57-43-19-9-15-37-13-5-7-17-41(37)43)39-27-23-35(24-28-39)36-25-29-40(30-26-36)48(60-50(64)34(2)56-4)54(68)62-32-12-22-46(62)52(66)58-44-20-10-16-38-14-6-8-18-42(38)44/h5-8,13-14,17-18,23-30,33-34,43-48,55-56H,9-12,15-16,19-22,31-32H2,1-4H3,(H,57,65)(H,58,66)(H,59,63)(H,60,64)/t33-,34-,43?,44?,45-,46-,47?,48?/m0/s1. The fraction of sp³-hybridized carbons (Fsp3) is 0.444. The van der Waals surface area contributed by atoms with Gasteiger partial charge in [-0.05, 0) is 137 Å². The van der Waals surface area contributed by atoms with Crippen LogP contribution in [0.4, 0.5) is 0 Å². The molecule has 8 atom stereocenters. The maximum atomic E-state index is 14.6. The molecule has 4 unspecified atom stereocenters. The van der Waals surface area contributed by atoms with Gasteiger partial charge < -0.3 is 41.7 Å². The molecule has 0 saturated carbocycles. The molecule has 2 aliphatic carbocycles. The van der Waals surface area contributed by atoms with Crippen LogP contribution >= 0.6 is 0 Å². The molecule has 68 heavy (non-hydrogen) atoms. The highest BCUT2D eigenvalue weighted by Crippen LogP contribution is 2.34. The number of carbonyl (C=O) groups is 6. The first-order valence-electron chi connectivity index (χ1n) is 24.5.